The molecule has 4 heteroatoms. The summed E-state index contributed by atoms with van der Waals surface area (Å²) in [4.78, 5) is 10.7. The second kappa shape index (κ2) is 5.80. The minimum absolute atomic E-state index is 0. The summed E-state index contributed by atoms with van der Waals surface area (Å²) in [6.45, 7) is 5.45. The molecule has 0 aromatic heterocycles. The summed E-state index contributed by atoms with van der Waals surface area (Å²) in [5.41, 5.74) is 0. The maximum Gasteiger partial charge on any atom is 0.303 e. The molecule has 0 heterocycles. The van der Waals surface area contributed by atoms with Crippen LogP contribution in [0.25, 0.3) is 0 Å². The number of rotatable bonds is 3. The molecule has 0 fully saturated rings. The van der Waals surface area contributed by atoms with Gasteiger partial charge >= 0.3 is 5.97 Å². The van der Waals surface area contributed by atoms with Gasteiger partial charge in [0, 0.05) is 6.92 Å². The Morgan fingerprint density at radius 2 is 1.62 bits per heavy atom. The van der Waals surface area contributed by atoms with Crippen LogP contribution in [-0.4, -0.2) is 43.7 Å². The van der Waals surface area contributed by atoms with Gasteiger partial charge in [0.2, 0.25) is 0 Å². The minimum Gasteiger partial charge on any atom is -1.00 e. The first kappa shape index (κ1) is 15.6. The zero-order valence-corrected chi connectivity index (χ0v) is 11.5. The van der Waals surface area contributed by atoms with Gasteiger partial charge < -0.3 is 33.2 Å². The van der Waals surface area contributed by atoms with Gasteiger partial charge in [-0.2, -0.15) is 0 Å². The molecule has 0 aliphatic rings. The number of carbonyl (C=O) groups excluding carboxylic acids is 1. The summed E-state index contributed by atoms with van der Waals surface area (Å²) in [6, 6.07) is 0.314. The lowest BCUT2D eigenvalue weighted by Crippen LogP contribution is -3.00. The zero-order chi connectivity index (χ0) is 9.94. The van der Waals surface area contributed by atoms with E-state index in [0.29, 0.717) is 6.04 Å². The van der Waals surface area contributed by atoms with E-state index in [2.05, 4.69) is 28.1 Å². The highest BCUT2D eigenvalue weighted by Gasteiger charge is 2.26. The summed E-state index contributed by atoms with van der Waals surface area (Å²) in [5, 5.41) is 0. The largest absolute Gasteiger partial charge is 1.00 e. The molecule has 2 unspecified atom stereocenters. The Hall–Kier alpha value is 0.160. The van der Waals surface area contributed by atoms with E-state index in [1.54, 1.807) is 0 Å². The van der Waals surface area contributed by atoms with Crippen LogP contribution in [0.5, 0.6) is 0 Å². The average molecular weight is 301 g/mol. The van der Waals surface area contributed by atoms with Crippen molar-refractivity contribution >= 4 is 5.97 Å². The number of quaternary nitrogens is 1. The highest BCUT2D eigenvalue weighted by Crippen LogP contribution is 2.09. The SMILES string of the molecule is CC(=O)OC(C)C(C)[N+](C)(C)C.[I-]. The summed E-state index contributed by atoms with van der Waals surface area (Å²) < 4.78 is 5.88. The number of hydrogen-bond donors (Lipinski definition) is 0. The van der Waals surface area contributed by atoms with Crippen LogP contribution in [0.2, 0.25) is 0 Å². The molecule has 0 N–H and O–H groups in total. The maximum absolute atomic E-state index is 10.7. The van der Waals surface area contributed by atoms with Crippen LogP contribution in [0.15, 0.2) is 0 Å². The summed E-state index contributed by atoms with van der Waals surface area (Å²) in [6.07, 6.45) is -0.0255. The number of esters is 1. The predicted molar refractivity (Wildman–Crippen MR) is 48.7 cm³/mol. The number of hydrogen-bond acceptors (Lipinski definition) is 2. The van der Waals surface area contributed by atoms with Crippen molar-refractivity contribution in [3.8, 4) is 0 Å². The molecule has 0 radical (unpaired) electrons. The van der Waals surface area contributed by atoms with Gasteiger partial charge in [-0.1, -0.05) is 0 Å². The number of halogens is 1. The van der Waals surface area contributed by atoms with E-state index in [1.807, 2.05) is 6.92 Å². The fourth-order valence-electron chi connectivity index (χ4n) is 0.990. The summed E-state index contributed by atoms with van der Waals surface area (Å²) in [5.74, 6) is -0.206. The van der Waals surface area contributed by atoms with Gasteiger partial charge in [0.25, 0.3) is 0 Å². The van der Waals surface area contributed by atoms with Crippen LogP contribution in [0, 0.1) is 0 Å². The average Bonchev–Trinajstić information content (AvgIpc) is 1.82. The zero-order valence-electron chi connectivity index (χ0n) is 9.30. The van der Waals surface area contributed by atoms with Crippen molar-refractivity contribution in [3.63, 3.8) is 0 Å². The highest BCUT2D eigenvalue weighted by molar-refractivity contribution is 5.66. The molecular formula is C9H20INO2. The Kier molecular flexibility index (Phi) is 6.97. The molecule has 0 saturated carbocycles. The van der Waals surface area contributed by atoms with Gasteiger partial charge in [-0.05, 0) is 13.8 Å². The van der Waals surface area contributed by atoms with Gasteiger partial charge in [-0.3, -0.25) is 4.79 Å². The number of nitrogens with zero attached hydrogens (tertiary/aromatic N) is 1. The minimum atomic E-state index is -0.206. The van der Waals surface area contributed by atoms with Crippen LogP contribution in [0.1, 0.15) is 20.8 Å². The molecule has 0 aromatic carbocycles. The van der Waals surface area contributed by atoms with E-state index in [9.17, 15) is 4.79 Å². The molecule has 3 nitrogen and oxygen atoms in total. The van der Waals surface area contributed by atoms with E-state index in [1.165, 1.54) is 6.92 Å². The molecule has 0 rings (SSSR count). The lowest BCUT2D eigenvalue weighted by atomic mass is 10.1. The van der Waals surface area contributed by atoms with Crippen LogP contribution < -0.4 is 24.0 Å². The van der Waals surface area contributed by atoms with E-state index < -0.39 is 0 Å². The van der Waals surface area contributed by atoms with Gasteiger partial charge in [0.15, 0.2) is 6.10 Å². The lowest BCUT2D eigenvalue weighted by Gasteiger charge is -2.34. The van der Waals surface area contributed by atoms with Gasteiger partial charge in [-0.25, -0.2) is 0 Å². The Morgan fingerprint density at radius 1 is 1.23 bits per heavy atom. The quantitative estimate of drug-likeness (QED) is 0.344. The Balaban J connectivity index is 0. The first-order chi connectivity index (χ1) is 5.25. The Bertz CT molecular complexity index is 165. The smallest absolute Gasteiger partial charge is 0.303 e. The van der Waals surface area contributed by atoms with Crippen LogP contribution >= 0.6 is 0 Å². The molecule has 0 bridgehead atoms. The summed E-state index contributed by atoms with van der Waals surface area (Å²) >= 11 is 0. The van der Waals surface area contributed by atoms with Crippen molar-refractivity contribution in [1.82, 2.24) is 0 Å². The molecule has 13 heavy (non-hydrogen) atoms. The number of carbonyl (C=O) groups is 1. The van der Waals surface area contributed by atoms with Crippen LogP contribution in [-0.2, 0) is 9.53 Å². The van der Waals surface area contributed by atoms with Gasteiger partial charge in [0.1, 0.15) is 6.04 Å². The summed E-state index contributed by atoms with van der Waals surface area (Å²) in [7, 11) is 6.26. The molecular weight excluding hydrogens is 281 g/mol. The maximum atomic E-state index is 10.7. The Morgan fingerprint density at radius 3 is 1.85 bits per heavy atom. The third-order valence-corrected chi connectivity index (χ3v) is 2.25. The molecule has 0 aliphatic heterocycles. The fourth-order valence-corrected chi connectivity index (χ4v) is 0.990. The van der Waals surface area contributed by atoms with E-state index in [-0.39, 0.29) is 36.0 Å². The second-order valence-corrected chi connectivity index (χ2v) is 4.17. The molecule has 2 atom stereocenters. The van der Waals surface area contributed by atoms with Gasteiger partial charge in [-0.15, -0.1) is 0 Å². The molecule has 0 spiro atoms. The van der Waals surface area contributed by atoms with E-state index in [4.69, 9.17) is 4.74 Å². The standard InChI is InChI=1S/C9H20NO2.HI/c1-7(10(4,5)6)8(2)12-9(3)11;/h7-8H,1-6H3;1H/q+1;/p-1. The fraction of sp³-hybridized carbons (Fsp3) is 0.889. The third kappa shape index (κ3) is 6.26. The number of ether oxygens (including phenoxy) is 1. The third-order valence-electron chi connectivity index (χ3n) is 2.25. The molecule has 0 amide bonds. The van der Waals surface area contributed by atoms with E-state index in [0.717, 1.165) is 4.48 Å². The van der Waals surface area contributed by atoms with Crippen molar-refractivity contribution in [2.24, 2.45) is 0 Å². The van der Waals surface area contributed by atoms with Crippen molar-refractivity contribution < 1.29 is 38.0 Å². The van der Waals surface area contributed by atoms with Gasteiger partial charge in [0.05, 0.1) is 21.1 Å². The normalized spacial score (nSPS) is 15.5. The molecule has 0 aromatic rings. The molecule has 0 saturated heterocycles. The van der Waals surface area contributed by atoms with Crippen LogP contribution in [0.3, 0.4) is 0 Å². The van der Waals surface area contributed by atoms with Crippen molar-refractivity contribution in [3.05, 3.63) is 0 Å². The highest BCUT2D eigenvalue weighted by atomic mass is 127. The lowest BCUT2D eigenvalue weighted by molar-refractivity contribution is -0.897. The van der Waals surface area contributed by atoms with Crippen molar-refractivity contribution in [1.29, 1.82) is 0 Å². The van der Waals surface area contributed by atoms with E-state index >= 15 is 0 Å². The first-order valence-corrected chi connectivity index (χ1v) is 4.23. The van der Waals surface area contributed by atoms with Crippen LogP contribution in [0.4, 0.5) is 0 Å². The van der Waals surface area contributed by atoms with Crippen molar-refractivity contribution in [2.75, 3.05) is 21.1 Å². The second-order valence-electron chi connectivity index (χ2n) is 4.17. The first-order valence-electron chi connectivity index (χ1n) is 4.23. The number of likely N-dealkylation sites (N-methyl/N-ethyl adjacent to an activating group) is 1. The predicted octanol–water partition coefficient (Wildman–Crippen LogP) is -1.96. The molecule has 0 aliphatic carbocycles. The van der Waals surface area contributed by atoms with Crippen molar-refractivity contribution in [2.45, 2.75) is 32.9 Å². The molecule has 80 valence electrons. The topological polar surface area (TPSA) is 26.3 Å². The Labute approximate surface area is 98.0 Å². The monoisotopic (exact) mass is 301 g/mol.